The third-order valence-electron chi connectivity index (χ3n) is 5.23. The van der Waals surface area contributed by atoms with Gasteiger partial charge in [0.05, 0.1) is 12.0 Å². The fourth-order valence-corrected chi connectivity index (χ4v) is 3.61. The summed E-state index contributed by atoms with van der Waals surface area (Å²) in [6, 6.07) is -0.465. The first-order valence-electron chi connectivity index (χ1n) is 9.37. The molecule has 2 aliphatic rings. The van der Waals surface area contributed by atoms with Gasteiger partial charge in [0.25, 0.3) is 0 Å². The molecule has 26 heavy (non-hydrogen) atoms. The Bertz CT molecular complexity index is 479. The van der Waals surface area contributed by atoms with Crippen LogP contribution in [0.25, 0.3) is 0 Å². The summed E-state index contributed by atoms with van der Waals surface area (Å²) >= 11 is 0. The molecule has 1 atom stereocenters. The molecule has 0 bridgehead atoms. The van der Waals surface area contributed by atoms with Gasteiger partial charge in [-0.05, 0) is 65.7 Å². The quantitative estimate of drug-likeness (QED) is 0.660. The third-order valence-corrected chi connectivity index (χ3v) is 5.23. The number of halogens is 3. The molecule has 152 valence electrons. The maximum absolute atomic E-state index is 13.1. The van der Waals surface area contributed by atoms with Gasteiger partial charge in [-0.2, -0.15) is 13.2 Å². The monoisotopic (exact) mass is 380 g/mol. The van der Waals surface area contributed by atoms with E-state index in [9.17, 15) is 23.1 Å². The number of carbonyl (C=O) groups excluding carboxylic acids is 1. The first-order valence-corrected chi connectivity index (χ1v) is 9.37. The first kappa shape index (κ1) is 21.3. The van der Waals surface area contributed by atoms with Crippen LogP contribution in [-0.2, 0) is 4.74 Å². The van der Waals surface area contributed by atoms with Gasteiger partial charge in [-0.25, -0.2) is 4.79 Å². The second-order valence-corrected chi connectivity index (χ2v) is 8.72. The van der Waals surface area contributed by atoms with Crippen LogP contribution >= 0.6 is 0 Å². The number of carbonyl (C=O) groups is 1. The molecular formula is C18H31F3N2O3. The summed E-state index contributed by atoms with van der Waals surface area (Å²) in [6.45, 7) is 5.11. The van der Waals surface area contributed by atoms with Gasteiger partial charge in [0.2, 0.25) is 0 Å². The summed E-state index contributed by atoms with van der Waals surface area (Å²) in [7, 11) is 0. The van der Waals surface area contributed by atoms with Crippen LogP contribution in [0, 0.1) is 5.41 Å². The Hall–Kier alpha value is -1.02. The third kappa shape index (κ3) is 6.01. The molecule has 3 N–H and O–H groups in total. The number of nitrogens with one attached hydrogen (secondary N) is 2. The molecule has 0 aromatic rings. The van der Waals surface area contributed by atoms with Crippen molar-refractivity contribution in [3.63, 3.8) is 0 Å². The number of rotatable bonds is 6. The molecular weight excluding hydrogens is 349 g/mol. The van der Waals surface area contributed by atoms with E-state index in [0.29, 0.717) is 0 Å². The van der Waals surface area contributed by atoms with Crippen molar-refractivity contribution in [3.05, 3.63) is 0 Å². The minimum atomic E-state index is -4.20. The van der Waals surface area contributed by atoms with Crippen molar-refractivity contribution in [1.82, 2.24) is 10.6 Å². The Kier molecular flexibility index (Phi) is 6.48. The van der Waals surface area contributed by atoms with Crippen molar-refractivity contribution in [1.29, 1.82) is 0 Å². The standard InChI is InChI=1S/C18H31F3N2O3/c1-16(2,3)26-15(25)23-13-6-4-12(5-7-13)22-14(11-24)10-17(8-9-17)18(19,20)21/h12-14,22,24H,4-11H2,1-3H3,(H,23,25)/t12?,13?,14-/m1/s1. The number of amides is 1. The summed E-state index contributed by atoms with van der Waals surface area (Å²) < 4.78 is 44.5. The molecule has 0 aliphatic heterocycles. The van der Waals surface area contributed by atoms with Gasteiger partial charge in [0, 0.05) is 18.1 Å². The predicted molar refractivity (Wildman–Crippen MR) is 91.8 cm³/mol. The Labute approximate surface area is 153 Å². The van der Waals surface area contributed by atoms with Crippen molar-refractivity contribution in [2.24, 2.45) is 5.41 Å². The van der Waals surface area contributed by atoms with E-state index in [1.165, 1.54) is 0 Å². The van der Waals surface area contributed by atoms with Crippen LogP contribution in [-0.4, -0.2) is 47.7 Å². The smallest absolute Gasteiger partial charge is 0.407 e. The highest BCUT2D eigenvalue weighted by atomic mass is 19.4. The maximum atomic E-state index is 13.1. The van der Waals surface area contributed by atoms with Crippen LogP contribution in [0.1, 0.15) is 65.7 Å². The number of hydrogen-bond donors (Lipinski definition) is 3. The van der Waals surface area contributed by atoms with Gasteiger partial charge in [-0.1, -0.05) is 0 Å². The van der Waals surface area contributed by atoms with E-state index in [1.807, 2.05) is 0 Å². The van der Waals surface area contributed by atoms with E-state index in [-0.39, 0.29) is 38.0 Å². The van der Waals surface area contributed by atoms with Gasteiger partial charge in [0.1, 0.15) is 5.60 Å². The number of aliphatic hydroxyl groups is 1. The molecule has 2 saturated carbocycles. The normalized spacial score (nSPS) is 26.9. The number of aliphatic hydroxyl groups excluding tert-OH is 1. The molecule has 0 spiro atoms. The number of ether oxygens (including phenoxy) is 1. The summed E-state index contributed by atoms with van der Waals surface area (Å²) in [4.78, 5) is 11.8. The molecule has 2 fully saturated rings. The van der Waals surface area contributed by atoms with Gasteiger partial charge in [-0.15, -0.1) is 0 Å². The van der Waals surface area contributed by atoms with Crippen molar-refractivity contribution in [2.75, 3.05) is 6.61 Å². The highest BCUT2D eigenvalue weighted by Gasteiger charge is 2.63. The number of alkyl carbamates (subject to hydrolysis) is 1. The lowest BCUT2D eigenvalue weighted by Gasteiger charge is -2.34. The van der Waals surface area contributed by atoms with Crippen LogP contribution in [0.4, 0.5) is 18.0 Å². The molecule has 0 unspecified atom stereocenters. The minimum absolute atomic E-state index is 0.0143. The van der Waals surface area contributed by atoms with E-state index >= 15 is 0 Å². The molecule has 0 heterocycles. The van der Waals surface area contributed by atoms with Gasteiger partial charge < -0.3 is 20.5 Å². The fraction of sp³-hybridized carbons (Fsp3) is 0.944. The molecule has 2 aliphatic carbocycles. The van der Waals surface area contributed by atoms with Crippen molar-refractivity contribution >= 4 is 6.09 Å². The lowest BCUT2D eigenvalue weighted by Crippen LogP contribution is -2.48. The topological polar surface area (TPSA) is 70.6 Å². The highest BCUT2D eigenvalue weighted by Crippen LogP contribution is 2.60. The van der Waals surface area contributed by atoms with E-state index in [4.69, 9.17) is 4.74 Å². The molecule has 8 heteroatoms. The SMILES string of the molecule is CC(C)(C)OC(=O)NC1CCC(N[C@@H](CO)CC2(C(F)(F)F)CC2)CC1. The molecule has 0 saturated heterocycles. The van der Waals surface area contributed by atoms with Gasteiger partial charge in [-0.3, -0.25) is 0 Å². The van der Waals surface area contributed by atoms with E-state index in [2.05, 4.69) is 10.6 Å². The minimum Gasteiger partial charge on any atom is -0.444 e. The van der Waals surface area contributed by atoms with Crippen LogP contribution in [0.5, 0.6) is 0 Å². The number of hydrogen-bond acceptors (Lipinski definition) is 4. The summed E-state index contributed by atoms with van der Waals surface area (Å²) in [5, 5.41) is 15.5. The van der Waals surface area contributed by atoms with E-state index < -0.39 is 29.3 Å². The van der Waals surface area contributed by atoms with Crippen molar-refractivity contribution in [3.8, 4) is 0 Å². The average molecular weight is 380 g/mol. The molecule has 0 aromatic heterocycles. The summed E-state index contributed by atoms with van der Waals surface area (Å²) in [6.07, 6.45) is -1.43. The van der Waals surface area contributed by atoms with Gasteiger partial charge in [0.15, 0.2) is 0 Å². The first-order chi connectivity index (χ1) is 11.9. The largest absolute Gasteiger partial charge is 0.444 e. The van der Waals surface area contributed by atoms with Crippen LogP contribution in [0.3, 0.4) is 0 Å². The van der Waals surface area contributed by atoms with Gasteiger partial charge >= 0.3 is 12.3 Å². The average Bonchev–Trinajstić information content (AvgIpc) is 3.27. The van der Waals surface area contributed by atoms with Crippen LogP contribution in [0.2, 0.25) is 0 Å². The summed E-state index contributed by atoms with van der Waals surface area (Å²) in [5.74, 6) is 0. The van der Waals surface area contributed by atoms with Crippen molar-refractivity contribution in [2.45, 2.75) is 95.6 Å². The lowest BCUT2D eigenvalue weighted by molar-refractivity contribution is -0.191. The zero-order chi connectivity index (χ0) is 19.6. The Morgan fingerprint density at radius 1 is 1.15 bits per heavy atom. The van der Waals surface area contributed by atoms with Crippen LogP contribution in [0.15, 0.2) is 0 Å². The lowest BCUT2D eigenvalue weighted by atomic mass is 9.89. The second-order valence-electron chi connectivity index (χ2n) is 8.72. The molecule has 1 amide bonds. The van der Waals surface area contributed by atoms with Crippen molar-refractivity contribution < 1.29 is 27.8 Å². The number of alkyl halides is 3. The Morgan fingerprint density at radius 3 is 2.12 bits per heavy atom. The second kappa shape index (κ2) is 7.92. The maximum Gasteiger partial charge on any atom is 0.407 e. The highest BCUT2D eigenvalue weighted by molar-refractivity contribution is 5.68. The van der Waals surface area contributed by atoms with E-state index in [0.717, 1.165) is 25.7 Å². The molecule has 5 nitrogen and oxygen atoms in total. The molecule has 2 rings (SSSR count). The molecule has 0 radical (unpaired) electrons. The molecule has 0 aromatic carbocycles. The zero-order valence-corrected chi connectivity index (χ0v) is 15.8. The zero-order valence-electron chi connectivity index (χ0n) is 15.8. The fourth-order valence-electron chi connectivity index (χ4n) is 3.61. The summed E-state index contributed by atoms with van der Waals surface area (Å²) in [5.41, 5.74) is -2.16. The van der Waals surface area contributed by atoms with E-state index in [1.54, 1.807) is 20.8 Å². The Morgan fingerprint density at radius 2 is 1.69 bits per heavy atom. The van der Waals surface area contributed by atoms with Crippen LogP contribution < -0.4 is 10.6 Å². The predicted octanol–water partition coefficient (Wildman–Crippen LogP) is 3.51. The Balaban J connectivity index is 1.74.